The fourth-order valence-corrected chi connectivity index (χ4v) is 2.20. The van der Waals surface area contributed by atoms with E-state index in [1.54, 1.807) is 43.5 Å². The van der Waals surface area contributed by atoms with Gasteiger partial charge in [-0.15, -0.1) is 5.10 Å². The lowest BCUT2D eigenvalue weighted by molar-refractivity contribution is 0.102. The molecule has 0 atom stereocenters. The largest absolute Gasteiger partial charge is 0.497 e. The second kappa shape index (κ2) is 6.78. The number of amides is 1. The normalized spacial score (nSPS) is 10.2. The molecule has 0 fully saturated rings. The summed E-state index contributed by atoms with van der Waals surface area (Å²) in [5.74, 6) is 0.730. The molecule has 0 aliphatic heterocycles. The molecule has 122 valence electrons. The van der Waals surface area contributed by atoms with E-state index in [4.69, 9.17) is 9.47 Å². The smallest absolute Gasteiger partial charge is 0.259 e. The summed E-state index contributed by atoms with van der Waals surface area (Å²) in [5, 5.41) is 13.8. The van der Waals surface area contributed by atoms with E-state index in [-0.39, 0.29) is 5.91 Å². The Morgan fingerprint density at radius 3 is 2.71 bits per heavy atom. The second-order valence-corrected chi connectivity index (χ2v) is 4.83. The van der Waals surface area contributed by atoms with Gasteiger partial charge in [0.15, 0.2) is 0 Å². The highest BCUT2D eigenvalue weighted by Crippen LogP contribution is 2.25. The highest BCUT2D eigenvalue weighted by Gasteiger charge is 2.14. The molecule has 3 aromatic rings. The molecule has 3 rings (SSSR count). The van der Waals surface area contributed by atoms with Crippen LogP contribution in [0.3, 0.4) is 0 Å². The maximum absolute atomic E-state index is 12.6. The van der Waals surface area contributed by atoms with E-state index in [1.807, 2.05) is 6.07 Å². The van der Waals surface area contributed by atoms with Crippen molar-refractivity contribution in [3.05, 3.63) is 54.4 Å². The number of carbonyl (C=O) groups excluding carboxylic acids is 1. The average Bonchev–Trinajstić information content (AvgIpc) is 3.16. The first kappa shape index (κ1) is 15.5. The highest BCUT2D eigenvalue weighted by molar-refractivity contribution is 6.06. The Labute approximate surface area is 138 Å². The number of aromatic nitrogens is 4. The molecule has 1 heterocycles. The maximum Gasteiger partial charge on any atom is 0.259 e. The quantitative estimate of drug-likeness (QED) is 0.771. The minimum atomic E-state index is -0.306. The first-order valence-electron chi connectivity index (χ1n) is 7.08. The van der Waals surface area contributed by atoms with Gasteiger partial charge in [0.2, 0.25) is 0 Å². The summed E-state index contributed by atoms with van der Waals surface area (Å²) in [6.45, 7) is 0. The number of methoxy groups -OCH3 is 2. The van der Waals surface area contributed by atoms with E-state index in [1.165, 1.54) is 18.1 Å². The molecule has 0 spiro atoms. The summed E-state index contributed by atoms with van der Waals surface area (Å²) in [7, 11) is 3.05. The summed E-state index contributed by atoms with van der Waals surface area (Å²) in [4.78, 5) is 12.6. The fraction of sp³-hybridized carbons (Fsp3) is 0.125. The van der Waals surface area contributed by atoms with Crippen molar-refractivity contribution < 1.29 is 14.3 Å². The molecule has 2 aromatic carbocycles. The average molecular weight is 325 g/mol. The molecule has 1 aromatic heterocycles. The molecule has 8 nitrogen and oxygen atoms in total. The Kier molecular flexibility index (Phi) is 4.37. The van der Waals surface area contributed by atoms with Crippen LogP contribution >= 0.6 is 0 Å². The summed E-state index contributed by atoms with van der Waals surface area (Å²) in [6, 6.07) is 12.2. The molecular weight excluding hydrogens is 310 g/mol. The zero-order chi connectivity index (χ0) is 16.9. The predicted molar refractivity (Wildman–Crippen MR) is 86.7 cm³/mol. The minimum Gasteiger partial charge on any atom is -0.497 e. The van der Waals surface area contributed by atoms with Crippen molar-refractivity contribution in [2.75, 3.05) is 19.5 Å². The van der Waals surface area contributed by atoms with Crippen molar-refractivity contribution >= 4 is 11.6 Å². The van der Waals surface area contributed by atoms with Gasteiger partial charge >= 0.3 is 0 Å². The van der Waals surface area contributed by atoms with Crippen LogP contribution in [0.2, 0.25) is 0 Å². The fourth-order valence-electron chi connectivity index (χ4n) is 2.20. The molecule has 24 heavy (non-hydrogen) atoms. The molecule has 1 N–H and O–H groups in total. The van der Waals surface area contributed by atoms with Crippen LogP contribution in [0.25, 0.3) is 5.69 Å². The van der Waals surface area contributed by atoms with Gasteiger partial charge in [-0.1, -0.05) is 6.07 Å². The van der Waals surface area contributed by atoms with E-state index in [0.717, 1.165) is 5.69 Å². The SMILES string of the molecule is COc1ccc(OC)c(C(=O)Nc2cccc(-n3cnnn3)c2)c1. The lowest BCUT2D eigenvalue weighted by Gasteiger charge is -2.11. The van der Waals surface area contributed by atoms with Crippen LogP contribution < -0.4 is 14.8 Å². The molecule has 0 aliphatic carbocycles. The number of anilines is 1. The Bertz CT molecular complexity index is 849. The van der Waals surface area contributed by atoms with Crippen molar-refractivity contribution in [3.8, 4) is 17.2 Å². The molecule has 8 heteroatoms. The lowest BCUT2D eigenvalue weighted by atomic mass is 10.1. The molecule has 0 radical (unpaired) electrons. The van der Waals surface area contributed by atoms with Gasteiger partial charge in [-0.3, -0.25) is 4.79 Å². The zero-order valence-corrected chi connectivity index (χ0v) is 13.1. The Balaban J connectivity index is 1.86. The van der Waals surface area contributed by atoms with Gasteiger partial charge in [0, 0.05) is 5.69 Å². The third-order valence-electron chi connectivity index (χ3n) is 3.37. The van der Waals surface area contributed by atoms with Gasteiger partial charge < -0.3 is 14.8 Å². The minimum absolute atomic E-state index is 0.306. The number of rotatable bonds is 5. The number of nitrogens with one attached hydrogen (secondary N) is 1. The number of hydrogen-bond acceptors (Lipinski definition) is 6. The number of benzene rings is 2. The van der Waals surface area contributed by atoms with Crippen LogP contribution in [0.15, 0.2) is 48.8 Å². The van der Waals surface area contributed by atoms with Crippen molar-refractivity contribution in [1.82, 2.24) is 20.2 Å². The van der Waals surface area contributed by atoms with Gasteiger partial charge in [0.25, 0.3) is 5.91 Å². The van der Waals surface area contributed by atoms with E-state index < -0.39 is 0 Å². The molecule has 0 saturated carbocycles. The third kappa shape index (κ3) is 3.17. The first-order valence-corrected chi connectivity index (χ1v) is 7.08. The van der Waals surface area contributed by atoms with E-state index >= 15 is 0 Å². The summed E-state index contributed by atoms with van der Waals surface area (Å²) in [6.07, 6.45) is 1.48. The topological polar surface area (TPSA) is 91.2 Å². The summed E-state index contributed by atoms with van der Waals surface area (Å²) < 4.78 is 11.9. The monoisotopic (exact) mass is 325 g/mol. The van der Waals surface area contributed by atoms with Gasteiger partial charge in [-0.05, 0) is 46.8 Å². The van der Waals surface area contributed by atoms with Gasteiger partial charge in [-0.2, -0.15) is 0 Å². The van der Waals surface area contributed by atoms with Crippen LogP contribution in [0.4, 0.5) is 5.69 Å². The lowest BCUT2D eigenvalue weighted by Crippen LogP contribution is -2.13. The predicted octanol–water partition coefficient (Wildman–Crippen LogP) is 1.93. The zero-order valence-electron chi connectivity index (χ0n) is 13.1. The third-order valence-corrected chi connectivity index (χ3v) is 3.37. The number of ether oxygens (including phenoxy) is 2. The molecule has 0 saturated heterocycles. The van der Waals surface area contributed by atoms with E-state index in [2.05, 4.69) is 20.8 Å². The molecular formula is C16H15N5O3. The number of hydrogen-bond donors (Lipinski definition) is 1. The van der Waals surface area contributed by atoms with Gasteiger partial charge in [0.1, 0.15) is 17.8 Å². The maximum atomic E-state index is 12.6. The van der Waals surface area contributed by atoms with Crippen LogP contribution in [0, 0.1) is 0 Å². The van der Waals surface area contributed by atoms with Crippen LogP contribution in [0.5, 0.6) is 11.5 Å². The molecule has 0 aliphatic rings. The van der Waals surface area contributed by atoms with Crippen molar-refractivity contribution in [3.63, 3.8) is 0 Å². The number of nitrogens with zero attached hydrogens (tertiary/aromatic N) is 4. The Morgan fingerprint density at radius 1 is 1.12 bits per heavy atom. The standard InChI is InChI=1S/C16H15N5O3/c1-23-13-6-7-15(24-2)14(9-13)16(22)18-11-4-3-5-12(8-11)21-10-17-19-20-21/h3-10H,1-2H3,(H,18,22). The second-order valence-electron chi connectivity index (χ2n) is 4.83. The van der Waals surface area contributed by atoms with Crippen LogP contribution in [-0.2, 0) is 0 Å². The van der Waals surface area contributed by atoms with Gasteiger partial charge in [0.05, 0.1) is 25.5 Å². The number of carbonyl (C=O) groups is 1. The van der Waals surface area contributed by atoms with Crippen molar-refractivity contribution in [1.29, 1.82) is 0 Å². The van der Waals surface area contributed by atoms with E-state index in [0.29, 0.717) is 22.7 Å². The van der Waals surface area contributed by atoms with E-state index in [9.17, 15) is 4.79 Å². The Hall–Kier alpha value is -3.42. The van der Waals surface area contributed by atoms with Crippen molar-refractivity contribution in [2.24, 2.45) is 0 Å². The summed E-state index contributed by atoms with van der Waals surface area (Å²) >= 11 is 0. The molecule has 0 bridgehead atoms. The summed E-state index contributed by atoms with van der Waals surface area (Å²) in [5.41, 5.74) is 1.72. The van der Waals surface area contributed by atoms with Crippen LogP contribution in [0.1, 0.15) is 10.4 Å². The number of tetrazole rings is 1. The highest BCUT2D eigenvalue weighted by atomic mass is 16.5. The first-order chi connectivity index (χ1) is 11.7. The molecule has 0 unspecified atom stereocenters. The van der Waals surface area contributed by atoms with Gasteiger partial charge in [-0.25, -0.2) is 4.68 Å². The van der Waals surface area contributed by atoms with Crippen LogP contribution in [-0.4, -0.2) is 40.3 Å². The Morgan fingerprint density at radius 2 is 2.00 bits per heavy atom. The van der Waals surface area contributed by atoms with Crippen molar-refractivity contribution in [2.45, 2.75) is 0 Å². The molecule has 1 amide bonds.